The number of benzene rings is 2. The predicted molar refractivity (Wildman–Crippen MR) is 116 cm³/mol. The molecule has 27 heavy (non-hydrogen) atoms. The van der Waals surface area contributed by atoms with Crippen LogP contribution < -0.4 is 4.74 Å². The first-order valence-electron chi connectivity index (χ1n) is 9.60. The lowest BCUT2D eigenvalue weighted by Gasteiger charge is -2.43. The summed E-state index contributed by atoms with van der Waals surface area (Å²) < 4.78 is 10.7. The van der Waals surface area contributed by atoms with E-state index in [-0.39, 0.29) is 5.54 Å². The minimum atomic E-state index is -0.667. The fraction of sp³-hybridized carbons (Fsp3) is 0.391. The average Bonchev–Trinajstić information content (AvgIpc) is 3.08. The van der Waals surface area contributed by atoms with E-state index in [1.807, 2.05) is 0 Å². The van der Waals surface area contributed by atoms with E-state index in [1.165, 1.54) is 33.3 Å². The normalized spacial score (nSPS) is 16.3. The summed E-state index contributed by atoms with van der Waals surface area (Å²) in [4.78, 5) is 0. The van der Waals surface area contributed by atoms with Crippen molar-refractivity contribution in [2.24, 2.45) is 7.05 Å². The highest BCUT2D eigenvalue weighted by molar-refractivity contribution is 6.53. The Morgan fingerprint density at radius 3 is 2.41 bits per heavy atom. The summed E-state index contributed by atoms with van der Waals surface area (Å²) in [6.45, 7) is 11.8. The largest absolute Gasteiger partial charge is 0.497 e. The third kappa shape index (κ3) is 2.65. The van der Waals surface area contributed by atoms with E-state index < -0.39 is 8.96 Å². The molecule has 1 heterocycles. The van der Waals surface area contributed by atoms with Crippen LogP contribution in [0.4, 0.5) is 0 Å². The number of aryl methyl sites for hydroxylation is 1. The molecule has 4 heteroatoms. The maximum atomic E-state index is 5.53. The molecule has 1 aliphatic carbocycles. The third-order valence-corrected chi connectivity index (χ3v) is 7.59. The summed E-state index contributed by atoms with van der Waals surface area (Å²) in [6.07, 6.45) is 0. The predicted octanol–water partition coefficient (Wildman–Crippen LogP) is 5.61. The summed E-state index contributed by atoms with van der Waals surface area (Å²) in [5.41, 5.74) is 6.98. The number of aromatic nitrogens is 1. The molecule has 4 rings (SSSR count). The van der Waals surface area contributed by atoms with Crippen LogP contribution in [0.1, 0.15) is 38.1 Å². The van der Waals surface area contributed by atoms with E-state index in [2.05, 4.69) is 92.5 Å². The molecule has 0 spiro atoms. The molecule has 1 atom stereocenters. The zero-order valence-corrected chi connectivity index (χ0v) is 18.4. The Balaban J connectivity index is 2.08. The van der Waals surface area contributed by atoms with Crippen molar-refractivity contribution in [2.45, 2.75) is 45.4 Å². The second-order valence-electron chi connectivity index (χ2n) is 8.68. The molecule has 3 nitrogen and oxygen atoms in total. The highest BCUT2D eigenvalue weighted by Gasteiger charge is 2.42. The Bertz CT molecular complexity index is 1010. The van der Waals surface area contributed by atoms with Gasteiger partial charge >= 0.3 is 0 Å². The van der Waals surface area contributed by atoms with Gasteiger partial charge in [-0.2, -0.15) is 0 Å². The van der Waals surface area contributed by atoms with Crippen LogP contribution in [0.3, 0.4) is 0 Å². The first-order valence-corrected chi connectivity index (χ1v) is 12.1. The first-order chi connectivity index (χ1) is 12.8. The Hall–Kier alpha value is -2.04. The molecule has 141 valence electrons. The van der Waals surface area contributed by atoms with Gasteiger partial charge in [0, 0.05) is 34.7 Å². The molecular weight excluding hydrogens is 348 g/mol. The highest BCUT2D eigenvalue weighted by atomic mass is 28.3. The Labute approximate surface area is 164 Å². The molecule has 1 aliphatic rings. The van der Waals surface area contributed by atoms with Crippen LogP contribution >= 0.6 is 0 Å². The van der Waals surface area contributed by atoms with Crippen LogP contribution in [0, 0.1) is 0 Å². The van der Waals surface area contributed by atoms with Gasteiger partial charge in [0.25, 0.3) is 0 Å². The zero-order chi connectivity index (χ0) is 19.5. The molecule has 0 N–H and O–H groups in total. The summed E-state index contributed by atoms with van der Waals surface area (Å²) >= 11 is 0. The standard InChI is InChI=1S/C23H29N2OSi/c1-23(2,3)25(27(6)7)21-17-11-9-8-10-16(17)20-18-14-15(26-5)12-13-19(18)24(4)22(20)21/h8-14,21H,1-7H3. The highest BCUT2D eigenvalue weighted by Crippen LogP contribution is 2.52. The van der Waals surface area contributed by atoms with E-state index in [1.54, 1.807) is 7.11 Å². The summed E-state index contributed by atoms with van der Waals surface area (Å²) in [6, 6.07) is 15.7. The van der Waals surface area contributed by atoms with Gasteiger partial charge in [0.2, 0.25) is 0 Å². The smallest absolute Gasteiger partial charge is 0.131 e. The fourth-order valence-electron chi connectivity index (χ4n) is 4.86. The number of hydrogen-bond donors (Lipinski definition) is 0. The SMILES string of the molecule is COc1ccc2c(c1)c1c(n2C)C(N([Si](C)C)C(C)(C)C)c2ccccc2-1. The molecule has 1 radical (unpaired) electrons. The maximum absolute atomic E-state index is 5.53. The van der Waals surface area contributed by atoms with Gasteiger partial charge in [0.1, 0.15) is 14.7 Å². The lowest BCUT2D eigenvalue weighted by molar-refractivity contribution is 0.207. The van der Waals surface area contributed by atoms with Crippen molar-refractivity contribution in [2.75, 3.05) is 7.11 Å². The average molecular weight is 378 g/mol. The summed E-state index contributed by atoms with van der Waals surface area (Å²) in [7, 11) is 3.29. The van der Waals surface area contributed by atoms with Gasteiger partial charge in [-0.3, -0.25) is 0 Å². The van der Waals surface area contributed by atoms with Crippen molar-refractivity contribution in [1.82, 2.24) is 9.13 Å². The van der Waals surface area contributed by atoms with Gasteiger partial charge in [-0.25, -0.2) is 0 Å². The minimum absolute atomic E-state index is 0.103. The van der Waals surface area contributed by atoms with Crippen LogP contribution in [0.5, 0.6) is 5.75 Å². The Morgan fingerprint density at radius 2 is 1.78 bits per heavy atom. The quantitative estimate of drug-likeness (QED) is 0.552. The van der Waals surface area contributed by atoms with E-state index in [0.717, 1.165) is 5.75 Å². The topological polar surface area (TPSA) is 17.4 Å². The second kappa shape index (κ2) is 6.25. The van der Waals surface area contributed by atoms with Crippen molar-refractivity contribution in [3.8, 4) is 16.9 Å². The fourth-order valence-corrected chi connectivity index (χ4v) is 6.98. The lowest BCUT2D eigenvalue weighted by Crippen LogP contribution is -2.50. The van der Waals surface area contributed by atoms with Gasteiger partial charge < -0.3 is 13.9 Å². The van der Waals surface area contributed by atoms with Crippen molar-refractivity contribution < 1.29 is 4.74 Å². The molecule has 2 aromatic carbocycles. The van der Waals surface area contributed by atoms with E-state index in [4.69, 9.17) is 4.74 Å². The maximum Gasteiger partial charge on any atom is 0.131 e. The second-order valence-corrected chi connectivity index (χ2v) is 11.1. The van der Waals surface area contributed by atoms with Gasteiger partial charge in [-0.05, 0) is 50.1 Å². The third-order valence-electron chi connectivity index (χ3n) is 5.70. The van der Waals surface area contributed by atoms with Crippen LogP contribution in [0.2, 0.25) is 13.1 Å². The summed E-state index contributed by atoms with van der Waals surface area (Å²) in [5, 5.41) is 1.29. The van der Waals surface area contributed by atoms with Crippen molar-refractivity contribution in [3.05, 3.63) is 53.7 Å². The van der Waals surface area contributed by atoms with Crippen LogP contribution in [-0.4, -0.2) is 30.7 Å². The van der Waals surface area contributed by atoms with Gasteiger partial charge in [-0.1, -0.05) is 37.4 Å². The minimum Gasteiger partial charge on any atom is -0.497 e. The van der Waals surface area contributed by atoms with Gasteiger partial charge in [0.05, 0.1) is 13.2 Å². The van der Waals surface area contributed by atoms with E-state index >= 15 is 0 Å². The number of fused-ring (bicyclic) bond motifs is 5. The number of rotatable bonds is 3. The molecule has 0 amide bonds. The molecule has 0 aliphatic heterocycles. The van der Waals surface area contributed by atoms with Gasteiger partial charge in [-0.15, -0.1) is 0 Å². The van der Waals surface area contributed by atoms with Crippen LogP contribution in [0.15, 0.2) is 42.5 Å². The molecule has 3 aromatic rings. The van der Waals surface area contributed by atoms with E-state index in [9.17, 15) is 0 Å². The number of methoxy groups -OCH3 is 1. The van der Waals surface area contributed by atoms with Crippen molar-refractivity contribution in [1.29, 1.82) is 0 Å². The molecule has 0 saturated carbocycles. The molecule has 1 aromatic heterocycles. The Morgan fingerprint density at radius 1 is 1.07 bits per heavy atom. The molecule has 0 bridgehead atoms. The lowest BCUT2D eigenvalue weighted by atomic mass is 10.0. The molecule has 0 fully saturated rings. The number of ether oxygens (including phenoxy) is 1. The zero-order valence-electron chi connectivity index (χ0n) is 17.4. The number of hydrogen-bond acceptors (Lipinski definition) is 2. The first kappa shape index (κ1) is 18.3. The Kier molecular flexibility index (Phi) is 4.24. The van der Waals surface area contributed by atoms with E-state index in [0.29, 0.717) is 6.04 Å². The van der Waals surface area contributed by atoms with Crippen molar-refractivity contribution in [3.63, 3.8) is 0 Å². The van der Waals surface area contributed by atoms with Gasteiger partial charge in [0.15, 0.2) is 0 Å². The summed E-state index contributed by atoms with van der Waals surface area (Å²) in [5.74, 6) is 0.917. The molecule has 0 saturated heterocycles. The monoisotopic (exact) mass is 377 g/mol. The number of nitrogens with zero attached hydrogens (tertiary/aromatic N) is 2. The van der Waals surface area contributed by atoms with Crippen LogP contribution in [-0.2, 0) is 7.05 Å². The molecule has 1 unspecified atom stereocenters. The van der Waals surface area contributed by atoms with Crippen molar-refractivity contribution >= 4 is 19.9 Å². The van der Waals surface area contributed by atoms with Crippen LogP contribution in [0.25, 0.3) is 22.0 Å². The molecular formula is C23H29N2OSi.